The third kappa shape index (κ3) is 3.85. The maximum absolute atomic E-state index is 12.3. The fraction of sp³-hybridized carbons (Fsp3) is 0.375. The number of amides is 1. The summed E-state index contributed by atoms with van der Waals surface area (Å²) in [6.07, 6.45) is 1.73. The minimum absolute atomic E-state index is 0.227. The highest BCUT2D eigenvalue weighted by molar-refractivity contribution is 5.92. The summed E-state index contributed by atoms with van der Waals surface area (Å²) in [5.41, 5.74) is 0.232. The van der Waals surface area contributed by atoms with Gasteiger partial charge in [-0.1, -0.05) is 0 Å². The molecule has 1 aromatic heterocycles. The Hall–Kier alpha value is -2.34. The van der Waals surface area contributed by atoms with Gasteiger partial charge in [-0.3, -0.25) is 4.79 Å². The van der Waals surface area contributed by atoms with E-state index in [1.807, 2.05) is 24.3 Å². The lowest BCUT2D eigenvalue weighted by molar-refractivity contribution is 0.0364. The van der Waals surface area contributed by atoms with Crippen molar-refractivity contribution in [2.75, 3.05) is 20.7 Å². The van der Waals surface area contributed by atoms with Gasteiger partial charge < -0.3 is 14.7 Å². The fourth-order valence-corrected chi connectivity index (χ4v) is 2.16. The summed E-state index contributed by atoms with van der Waals surface area (Å²) in [6.45, 7) is 3.56. The molecule has 0 saturated heterocycles. The number of benzene rings is 1. The van der Waals surface area contributed by atoms with Gasteiger partial charge in [-0.15, -0.1) is 0 Å². The zero-order valence-electron chi connectivity index (χ0n) is 13.3. The lowest BCUT2D eigenvalue weighted by atomic mass is 10.1. The average molecular weight is 303 g/mol. The average Bonchev–Trinajstić information content (AvgIpc) is 2.94. The van der Waals surface area contributed by atoms with Crippen LogP contribution in [0.25, 0.3) is 5.69 Å². The van der Waals surface area contributed by atoms with Gasteiger partial charge in [0.25, 0.3) is 5.91 Å². The molecule has 0 radical (unpaired) electrons. The summed E-state index contributed by atoms with van der Waals surface area (Å²) in [7, 11) is 3.25. The Morgan fingerprint density at radius 2 is 1.95 bits per heavy atom. The molecule has 0 aliphatic rings. The molecule has 118 valence electrons. The number of aliphatic hydroxyl groups is 1. The van der Waals surface area contributed by atoms with Crippen molar-refractivity contribution in [1.29, 1.82) is 0 Å². The predicted molar refractivity (Wildman–Crippen MR) is 83.4 cm³/mol. The minimum atomic E-state index is -0.942. The van der Waals surface area contributed by atoms with Gasteiger partial charge in [-0.2, -0.15) is 5.10 Å². The lowest BCUT2D eigenvalue weighted by Gasteiger charge is -2.24. The quantitative estimate of drug-likeness (QED) is 0.913. The molecule has 0 aliphatic heterocycles. The summed E-state index contributed by atoms with van der Waals surface area (Å²) in [6, 6.07) is 9.05. The first-order valence-electron chi connectivity index (χ1n) is 6.98. The van der Waals surface area contributed by atoms with Crippen LogP contribution in [0.3, 0.4) is 0 Å². The first-order valence-corrected chi connectivity index (χ1v) is 6.98. The highest BCUT2D eigenvalue weighted by Crippen LogP contribution is 2.15. The predicted octanol–water partition coefficient (Wildman–Crippen LogP) is 1.72. The van der Waals surface area contributed by atoms with E-state index in [0.717, 1.165) is 11.4 Å². The Morgan fingerprint density at radius 3 is 2.50 bits per heavy atom. The topological polar surface area (TPSA) is 67.6 Å². The van der Waals surface area contributed by atoms with E-state index < -0.39 is 5.60 Å². The third-order valence-corrected chi connectivity index (χ3v) is 3.12. The molecule has 1 amide bonds. The molecule has 1 N–H and O–H groups in total. The van der Waals surface area contributed by atoms with E-state index in [1.165, 1.54) is 4.90 Å². The SMILES string of the molecule is COc1ccc(-n2ccc(C(=O)N(C)CC(C)(C)O)n2)cc1. The first-order chi connectivity index (χ1) is 10.3. The van der Waals surface area contributed by atoms with Gasteiger partial charge in [0.15, 0.2) is 5.69 Å². The van der Waals surface area contributed by atoms with Crippen LogP contribution in [0.2, 0.25) is 0 Å². The van der Waals surface area contributed by atoms with Gasteiger partial charge in [0.2, 0.25) is 0 Å². The maximum Gasteiger partial charge on any atom is 0.274 e. The number of rotatable bonds is 5. The largest absolute Gasteiger partial charge is 0.497 e. The molecule has 0 saturated carbocycles. The van der Waals surface area contributed by atoms with Gasteiger partial charge >= 0.3 is 0 Å². The molecule has 0 spiro atoms. The van der Waals surface area contributed by atoms with Crippen molar-refractivity contribution in [3.8, 4) is 11.4 Å². The molecule has 0 aliphatic carbocycles. The Bertz CT molecular complexity index is 641. The maximum atomic E-state index is 12.3. The van der Waals surface area contributed by atoms with E-state index in [4.69, 9.17) is 4.74 Å². The first kappa shape index (κ1) is 16.0. The molecule has 0 bridgehead atoms. The molecule has 2 rings (SSSR count). The molecule has 22 heavy (non-hydrogen) atoms. The van der Waals surface area contributed by atoms with E-state index in [2.05, 4.69) is 5.10 Å². The summed E-state index contributed by atoms with van der Waals surface area (Å²) >= 11 is 0. The van der Waals surface area contributed by atoms with Crippen LogP contribution in [-0.2, 0) is 0 Å². The van der Waals surface area contributed by atoms with E-state index in [9.17, 15) is 9.90 Å². The van der Waals surface area contributed by atoms with Gasteiger partial charge in [-0.05, 0) is 44.2 Å². The van der Waals surface area contributed by atoms with E-state index in [1.54, 1.807) is 44.9 Å². The monoisotopic (exact) mass is 303 g/mol. The Morgan fingerprint density at radius 1 is 1.32 bits per heavy atom. The number of methoxy groups -OCH3 is 1. The van der Waals surface area contributed by atoms with Crippen LogP contribution in [0, 0.1) is 0 Å². The van der Waals surface area contributed by atoms with Crippen molar-refractivity contribution < 1.29 is 14.6 Å². The number of hydrogen-bond donors (Lipinski definition) is 1. The second-order valence-corrected chi connectivity index (χ2v) is 5.82. The van der Waals surface area contributed by atoms with Crippen molar-refractivity contribution in [2.24, 2.45) is 0 Å². The molecule has 0 unspecified atom stereocenters. The Balaban J connectivity index is 2.14. The fourth-order valence-electron chi connectivity index (χ4n) is 2.16. The van der Waals surface area contributed by atoms with Crippen LogP contribution < -0.4 is 4.74 Å². The Labute approximate surface area is 129 Å². The van der Waals surface area contributed by atoms with Gasteiger partial charge in [-0.25, -0.2) is 4.68 Å². The molecular formula is C16H21N3O3. The van der Waals surface area contributed by atoms with Crippen LogP contribution in [-0.4, -0.2) is 52.0 Å². The minimum Gasteiger partial charge on any atom is -0.497 e. The number of nitrogens with zero attached hydrogens (tertiary/aromatic N) is 3. The molecule has 6 heteroatoms. The van der Waals surface area contributed by atoms with E-state index in [-0.39, 0.29) is 12.5 Å². The molecule has 1 aromatic carbocycles. The number of aromatic nitrogens is 2. The van der Waals surface area contributed by atoms with Gasteiger partial charge in [0, 0.05) is 19.8 Å². The van der Waals surface area contributed by atoms with Gasteiger partial charge in [0.1, 0.15) is 5.75 Å². The normalized spacial score (nSPS) is 11.3. The number of carbonyl (C=O) groups excluding carboxylic acids is 1. The van der Waals surface area contributed by atoms with Crippen molar-refractivity contribution in [3.63, 3.8) is 0 Å². The molecular weight excluding hydrogens is 282 g/mol. The molecule has 1 heterocycles. The summed E-state index contributed by atoms with van der Waals surface area (Å²) in [4.78, 5) is 13.7. The number of hydrogen-bond acceptors (Lipinski definition) is 4. The number of ether oxygens (including phenoxy) is 1. The van der Waals surface area contributed by atoms with Crippen LogP contribution in [0.4, 0.5) is 0 Å². The number of carbonyl (C=O) groups is 1. The molecule has 0 atom stereocenters. The van der Waals surface area contributed by atoms with E-state index in [0.29, 0.717) is 5.69 Å². The van der Waals surface area contributed by atoms with Crippen molar-refractivity contribution in [2.45, 2.75) is 19.4 Å². The summed E-state index contributed by atoms with van der Waals surface area (Å²) in [5.74, 6) is 0.534. The zero-order chi connectivity index (χ0) is 16.3. The highest BCUT2D eigenvalue weighted by atomic mass is 16.5. The zero-order valence-corrected chi connectivity index (χ0v) is 13.3. The van der Waals surface area contributed by atoms with Crippen LogP contribution >= 0.6 is 0 Å². The standard InChI is InChI=1S/C16H21N3O3/c1-16(2,21)11-18(3)15(20)14-9-10-19(17-14)12-5-7-13(22-4)8-6-12/h5-10,21H,11H2,1-4H3. The second-order valence-electron chi connectivity index (χ2n) is 5.82. The summed E-state index contributed by atoms with van der Waals surface area (Å²) < 4.78 is 6.74. The summed E-state index contributed by atoms with van der Waals surface area (Å²) in [5, 5.41) is 14.1. The second kappa shape index (κ2) is 6.19. The highest BCUT2D eigenvalue weighted by Gasteiger charge is 2.21. The van der Waals surface area contributed by atoms with Crippen LogP contribution in [0.5, 0.6) is 5.75 Å². The third-order valence-electron chi connectivity index (χ3n) is 3.12. The van der Waals surface area contributed by atoms with E-state index >= 15 is 0 Å². The number of likely N-dealkylation sites (N-methyl/N-ethyl adjacent to an activating group) is 1. The van der Waals surface area contributed by atoms with Gasteiger partial charge in [0.05, 0.1) is 18.4 Å². The smallest absolute Gasteiger partial charge is 0.274 e. The van der Waals surface area contributed by atoms with Crippen molar-refractivity contribution in [1.82, 2.24) is 14.7 Å². The molecule has 6 nitrogen and oxygen atoms in total. The van der Waals surface area contributed by atoms with Crippen molar-refractivity contribution in [3.05, 3.63) is 42.2 Å². The lowest BCUT2D eigenvalue weighted by Crippen LogP contribution is -2.39. The molecule has 0 fully saturated rings. The molecule has 2 aromatic rings. The Kier molecular flexibility index (Phi) is 4.51. The van der Waals surface area contributed by atoms with Crippen LogP contribution in [0.1, 0.15) is 24.3 Å². The van der Waals surface area contributed by atoms with Crippen molar-refractivity contribution >= 4 is 5.91 Å². The van der Waals surface area contributed by atoms with Crippen LogP contribution in [0.15, 0.2) is 36.5 Å².